The van der Waals surface area contributed by atoms with Gasteiger partial charge in [-0.2, -0.15) is 0 Å². The Morgan fingerprint density at radius 3 is 2.85 bits per heavy atom. The fourth-order valence-electron chi connectivity index (χ4n) is 1.87. The van der Waals surface area contributed by atoms with Crippen LogP contribution in [0, 0.1) is 0 Å². The molecule has 1 heterocycles. The van der Waals surface area contributed by atoms with Crippen LogP contribution in [0.2, 0.25) is 0 Å². The maximum absolute atomic E-state index is 4.53. The third-order valence-corrected chi connectivity index (χ3v) is 2.58. The van der Waals surface area contributed by atoms with Gasteiger partial charge >= 0.3 is 0 Å². The van der Waals surface area contributed by atoms with Gasteiger partial charge in [0.1, 0.15) is 0 Å². The van der Waals surface area contributed by atoms with Crippen molar-refractivity contribution in [3.8, 4) is 0 Å². The smallest absolute Gasteiger partial charge is 0.0423 e. The van der Waals surface area contributed by atoms with Gasteiger partial charge in [-0.05, 0) is 30.4 Å². The lowest BCUT2D eigenvalue weighted by Crippen LogP contribution is -2.00. The first-order chi connectivity index (χ1) is 6.42. The average Bonchev–Trinajstić information content (AvgIpc) is 2.70. The molecule has 0 fully saturated rings. The molecule has 0 unspecified atom stereocenters. The Hall–Kier alpha value is -1.11. The van der Waals surface area contributed by atoms with E-state index in [4.69, 9.17) is 0 Å². The molecule has 0 atom stereocenters. The van der Waals surface area contributed by atoms with Gasteiger partial charge in [0.25, 0.3) is 0 Å². The minimum atomic E-state index is 1.02. The van der Waals surface area contributed by atoms with Crippen LogP contribution in [0.3, 0.4) is 0 Å². The van der Waals surface area contributed by atoms with E-state index in [1.807, 2.05) is 0 Å². The summed E-state index contributed by atoms with van der Waals surface area (Å²) in [6.07, 6.45) is 3.50. The highest BCUT2D eigenvalue weighted by molar-refractivity contribution is 6.02. The molecule has 0 aliphatic carbocycles. The van der Waals surface area contributed by atoms with Crippen molar-refractivity contribution in [2.24, 2.45) is 4.99 Å². The first kappa shape index (κ1) is 8.49. The van der Waals surface area contributed by atoms with Crippen LogP contribution >= 0.6 is 0 Å². The van der Waals surface area contributed by atoms with Crippen LogP contribution in [0.4, 0.5) is 0 Å². The van der Waals surface area contributed by atoms with Crippen LogP contribution in [-0.4, -0.2) is 12.3 Å². The molecule has 1 aliphatic heterocycles. The van der Waals surface area contributed by atoms with Crippen LogP contribution in [0.5, 0.6) is 0 Å². The molecule has 2 rings (SSSR count). The Balaban J connectivity index is 2.38. The molecule has 1 heteroatoms. The van der Waals surface area contributed by atoms with Gasteiger partial charge in [0.2, 0.25) is 0 Å². The number of nitrogens with zero attached hydrogens (tertiary/aromatic N) is 1. The molecular weight excluding hydrogens is 158 g/mol. The van der Waals surface area contributed by atoms with E-state index in [9.17, 15) is 0 Å². The predicted octanol–water partition coefficient (Wildman–Crippen LogP) is 2.83. The van der Waals surface area contributed by atoms with Crippen molar-refractivity contribution in [2.75, 3.05) is 6.54 Å². The number of benzene rings is 1. The van der Waals surface area contributed by atoms with Crippen LogP contribution < -0.4 is 0 Å². The van der Waals surface area contributed by atoms with E-state index in [0.29, 0.717) is 0 Å². The zero-order valence-corrected chi connectivity index (χ0v) is 8.09. The van der Waals surface area contributed by atoms with Gasteiger partial charge in [-0.15, -0.1) is 0 Å². The Bertz CT molecular complexity index is 326. The fraction of sp³-hybridized carbons (Fsp3) is 0.417. The largest absolute Gasteiger partial charge is 0.289 e. The molecule has 1 aromatic carbocycles. The summed E-state index contributed by atoms with van der Waals surface area (Å²) >= 11 is 0. The second-order valence-electron chi connectivity index (χ2n) is 3.44. The molecule has 1 aromatic rings. The van der Waals surface area contributed by atoms with E-state index in [-0.39, 0.29) is 0 Å². The zero-order valence-electron chi connectivity index (χ0n) is 8.09. The zero-order chi connectivity index (χ0) is 9.10. The number of aliphatic imine (C=N–C) groups is 1. The summed E-state index contributed by atoms with van der Waals surface area (Å²) in [5.41, 5.74) is 4.13. The molecule has 1 nitrogen and oxygen atoms in total. The molecular formula is C12H15N. The van der Waals surface area contributed by atoms with E-state index in [0.717, 1.165) is 19.4 Å². The van der Waals surface area contributed by atoms with Crippen LogP contribution in [-0.2, 0) is 6.42 Å². The van der Waals surface area contributed by atoms with Gasteiger partial charge in [0.05, 0.1) is 0 Å². The standard InChI is InChI=1S/C12H15N/c1-2-10-6-3-4-7-11(10)12-8-5-9-13-12/h3-4,6-7H,2,5,8-9H2,1H3. The molecule has 0 amide bonds. The van der Waals surface area contributed by atoms with Gasteiger partial charge in [0, 0.05) is 12.3 Å². The highest BCUT2D eigenvalue weighted by Gasteiger charge is 2.10. The van der Waals surface area contributed by atoms with Gasteiger partial charge < -0.3 is 0 Å². The summed E-state index contributed by atoms with van der Waals surface area (Å²) in [5, 5.41) is 0. The molecule has 0 saturated carbocycles. The lowest BCUT2D eigenvalue weighted by atomic mass is 10.00. The van der Waals surface area contributed by atoms with E-state index in [1.54, 1.807) is 0 Å². The number of hydrogen-bond acceptors (Lipinski definition) is 1. The fourth-order valence-corrected chi connectivity index (χ4v) is 1.87. The van der Waals surface area contributed by atoms with Crippen molar-refractivity contribution in [1.29, 1.82) is 0 Å². The van der Waals surface area contributed by atoms with Gasteiger partial charge in [-0.1, -0.05) is 31.2 Å². The quantitative estimate of drug-likeness (QED) is 0.652. The second-order valence-corrected chi connectivity index (χ2v) is 3.44. The van der Waals surface area contributed by atoms with Gasteiger partial charge in [0.15, 0.2) is 0 Å². The van der Waals surface area contributed by atoms with Crippen molar-refractivity contribution in [1.82, 2.24) is 0 Å². The maximum atomic E-state index is 4.53. The van der Waals surface area contributed by atoms with E-state index >= 15 is 0 Å². The molecule has 13 heavy (non-hydrogen) atoms. The van der Waals surface area contributed by atoms with Crippen molar-refractivity contribution >= 4 is 5.71 Å². The minimum Gasteiger partial charge on any atom is -0.289 e. The van der Waals surface area contributed by atoms with Crippen molar-refractivity contribution < 1.29 is 0 Å². The Labute approximate surface area is 79.5 Å². The summed E-state index contributed by atoms with van der Waals surface area (Å²) in [4.78, 5) is 4.53. The third kappa shape index (κ3) is 1.64. The van der Waals surface area contributed by atoms with Gasteiger partial charge in [-0.25, -0.2) is 0 Å². The summed E-state index contributed by atoms with van der Waals surface area (Å²) in [6.45, 7) is 3.22. The molecule has 0 bridgehead atoms. The second kappa shape index (κ2) is 3.73. The summed E-state index contributed by atoms with van der Waals surface area (Å²) in [6, 6.07) is 8.62. The summed E-state index contributed by atoms with van der Waals surface area (Å²) < 4.78 is 0. The SMILES string of the molecule is CCc1ccccc1C1=NCCC1. The van der Waals surface area contributed by atoms with Gasteiger partial charge in [-0.3, -0.25) is 4.99 Å². The normalized spacial score (nSPS) is 15.9. The predicted molar refractivity (Wildman–Crippen MR) is 56.5 cm³/mol. The van der Waals surface area contributed by atoms with Crippen molar-refractivity contribution in [3.05, 3.63) is 35.4 Å². The Morgan fingerprint density at radius 2 is 2.15 bits per heavy atom. The van der Waals surface area contributed by atoms with E-state index in [1.165, 1.54) is 23.3 Å². The third-order valence-electron chi connectivity index (χ3n) is 2.58. The lowest BCUT2D eigenvalue weighted by molar-refractivity contribution is 0.951. The highest BCUT2D eigenvalue weighted by atomic mass is 14.8. The average molecular weight is 173 g/mol. The molecule has 0 radical (unpaired) electrons. The lowest BCUT2D eigenvalue weighted by Gasteiger charge is -2.06. The molecule has 0 spiro atoms. The van der Waals surface area contributed by atoms with Crippen molar-refractivity contribution in [2.45, 2.75) is 26.2 Å². The monoisotopic (exact) mass is 173 g/mol. The van der Waals surface area contributed by atoms with Crippen molar-refractivity contribution in [3.63, 3.8) is 0 Å². The molecule has 68 valence electrons. The van der Waals surface area contributed by atoms with E-state index in [2.05, 4.69) is 36.2 Å². The maximum Gasteiger partial charge on any atom is 0.0423 e. The first-order valence-corrected chi connectivity index (χ1v) is 5.03. The minimum absolute atomic E-state index is 1.02. The molecule has 0 aromatic heterocycles. The van der Waals surface area contributed by atoms with Crippen LogP contribution in [0.1, 0.15) is 30.9 Å². The Morgan fingerprint density at radius 1 is 1.31 bits per heavy atom. The van der Waals surface area contributed by atoms with Crippen LogP contribution in [0.25, 0.3) is 0 Å². The molecule has 0 N–H and O–H groups in total. The Kier molecular flexibility index (Phi) is 2.44. The highest BCUT2D eigenvalue weighted by Crippen LogP contribution is 2.17. The number of aryl methyl sites for hydroxylation is 1. The number of hydrogen-bond donors (Lipinski definition) is 0. The first-order valence-electron chi connectivity index (χ1n) is 5.03. The van der Waals surface area contributed by atoms with E-state index < -0.39 is 0 Å². The van der Waals surface area contributed by atoms with Crippen LogP contribution in [0.15, 0.2) is 29.3 Å². The topological polar surface area (TPSA) is 12.4 Å². The summed E-state index contributed by atoms with van der Waals surface area (Å²) in [7, 11) is 0. The molecule has 1 aliphatic rings. The number of rotatable bonds is 2. The molecule has 0 saturated heterocycles. The summed E-state index contributed by atoms with van der Waals surface area (Å²) in [5.74, 6) is 0.